The molecule has 1 N–H and O–H groups in total. The molecular formula is C13H18BrClFN3O3S. The van der Waals surface area contributed by atoms with Gasteiger partial charge in [-0.15, -0.1) is 12.4 Å². The Labute approximate surface area is 149 Å². The maximum atomic E-state index is 13.1. The zero-order chi connectivity index (χ0) is 16.3. The monoisotopic (exact) mass is 429 g/mol. The highest BCUT2D eigenvalue weighted by atomic mass is 79.9. The number of sulfonamides is 1. The van der Waals surface area contributed by atoms with Gasteiger partial charge in [0.15, 0.2) is 0 Å². The second kappa shape index (κ2) is 8.39. The lowest BCUT2D eigenvalue weighted by Crippen LogP contribution is -2.49. The van der Waals surface area contributed by atoms with Crippen LogP contribution in [0.5, 0.6) is 0 Å². The van der Waals surface area contributed by atoms with Crippen molar-refractivity contribution in [3.8, 4) is 0 Å². The van der Waals surface area contributed by atoms with Crippen LogP contribution >= 0.6 is 28.3 Å². The Morgan fingerprint density at radius 1 is 1.39 bits per heavy atom. The molecule has 2 rings (SSSR count). The van der Waals surface area contributed by atoms with Gasteiger partial charge in [-0.1, -0.05) is 0 Å². The van der Waals surface area contributed by atoms with E-state index in [1.54, 1.807) is 4.90 Å². The van der Waals surface area contributed by atoms with Gasteiger partial charge in [-0.25, -0.2) is 12.8 Å². The Morgan fingerprint density at radius 2 is 2.00 bits per heavy atom. The van der Waals surface area contributed by atoms with Gasteiger partial charge in [0.05, 0.1) is 11.4 Å². The molecule has 23 heavy (non-hydrogen) atoms. The van der Waals surface area contributed by atoms with Crippen molar-refractivity contribution in [3.63, 3.8) is 0 Å². The number of halogens is 3. The Bertz CT molecular complexity index is 668. The van der Waals surface area contributed by atoms with Crippen LogP contribution in [0.3, 0.4) is 0 Å². The number of nitrogens with one attached hydrogen (secondary N) is 1. The van der Waals surface area contributed by atoms with Crippen molar-refractivity contribution in [3.05, 3.63) is 28.5 Å². The van der Waals surface area contributed by atoms with Crippen LogP contribution in [0.4, 0.5) is 4.39 Å². The highest BCUT2D eigenvalue weighted by molar-refractivity contribution is 9.10. The van der Waals surface area contributed by atoms with Gasteiger partial charge in [-0.2, -0.15) is 4.31 Å². The van der Waals surface area contributed by atoms with Crippen LogP contribution in [0.15, 0.2) is 27.6 Å². The van der Waals surface area contributed by atoms with Crippen LogP contribution in [0.2, 0.25) is 0 Å². The zero-order valence-electron chi connectivity index (χ0n) is 12.5. The molecule has 1 aromatic carbocycles. The quantitative estimate of drug-likeness (QED) is 0.776. The van der Waals surface area contributed by atoms with E-state index in [-0.39, 0.29) is 34.2 Å². The van der Waals surface area contributed by atoms with Crippen LogP contribution in [0, 0.1) is 5.82 Å². The number of nitrogens with zero attached hydrogens (tertiary/aromatic N) is 2. The summed E-state index contributed by atoms with van der Waals surface area (Å²) in [5, 5.41) is 3.12. The number of carbonyl (C=O) groups is 1. The topological polar surface area (TPSA) is 69.7 Å². The largest absolute Gasteiger partial charge is 0.339 e. The highest BCUT2D eigenvalue weighted by Crippen LogP contribution is 2.25. The first-order valence-electron chi connectivity index (χ1n) is 6.72. The van der Waals surface area contributed by atoms with Crippen molar-refractivity contribution in [2.75, 3.05) is 39.8 Å². The summed E-state index contributed by atoms with van der Waals surface area (Å²) in [5.74, 6) is -0.781. The van der Waals surface area contributed by atoms with Gasteiger partial charge in [0.25, 0.3) is 0 Å². The minimum Gasteiger partial charge on any atom is -0.339 e. The van der Waals surface area contributed by atoms with Crippen molar-refractivity contribution in [2.45, 2.75) is 4.90 Å². The SMILES string of the molecule is CN(CC(=O)N1CCNCC1)S(=O)(=O)c1ccc(F)cc1Br.Cl. The first kappa shape index (κ1) is 20.3. The van der Waals surface area contributed by atoms with E-state index in [1.807, 2.05) is 0 Å². The van der Waals surface area contributed by atoms with Crippen molar-refractivity contribution < 1.29 is 17.6 Å². The predicted octanol–water partition coefficient (Wildman–Crippen LogP) is 1.06. The van der Waals surface area contributed by atoms with Gasteiger partial charge in [-0.3, -0.25) is 4.79 Å². The standard InChI is InChI=1S/C13H17BrFN3O3S.ClH/c1-17(9-13(19)18-6-4-16-5-7-18)22(20,21)12-3-2-10(15)8-11(12)14;/h2-3,8,16H,4-7,9H2,1H3;1H. The fourth-order valence-electron chi connectivity index (χ4n) is 2.14. The molecule has 1 fully saturated rings. The summed E-state index contributed by atoms with van der Waals surface area (Å²) in [7, 11) is -2.52. The summed E-state index contributed by atoms with van der Waals surface area (Å²) in [6.45, 7) is 2.28. The number of rotatable bonds is 4. The molecule has 130 valence electrons. The molecule has 0 saturated carbocycles. The number of carbonyl (C=O) groups excluding carboxylic acids is 1. The molecule has 1 aromatic rings. The summed E-state index contributed by atoms with van der Waals surface area (Å²) >= 11 is 3.04. The van der Waals surface area contributed by atoms with E-state index in [9.17, 15) is 17.6 Å². The third-order valence-corrected chi connectivity index (χ3v) is 6.19. The molecular weight excluding hydrogens is 413 g/mol. The van der Waals surface area contributed by atoms with E-state index in [0.29, 0.717) is 26.2 Å². The molecule has 1 amide bonds. The number of hydrogen-bond acceptors (Lipinski definition) is 4. The smallest absolute Gasteiger partial charge is 0.244 e. The third-order valence-electron chi connectivity index (χ3n) is 3.41. The summed E-state index contributed by atoms with van der Waals surface area (Å²) < 4.78 is 39.1. The van der Waals surface area contributed by atoms with Gasteiger partial charge in [0, 0.05) is 37.7 Å². The van der Waals surface area contributed by atoms with Crippen molar-refractivity contribution in [1.82, 2.24) is 14.5 Å². The Hall–Kier alpha value is -0.740. The molecule has 10 heteroatoms. The average molecular weight is 431 g/mol. The lowest BCUT2D eigenvalue weighted by molar-refractivity contribution is -0.131. The molecule has 1 heterocycles. The number of benzene rings is 1. The molecule has 0 unspecified atom stereocenters. The Kier molecular flexibility index (Phi) is 7.40. The minimum atomic E-state index is -3.86. The van der Waals surface area contributed by atoms with Gasteiger partial charge < -0.3 is 10.2 Å². The highest BCUT2D eigenvalue weighted by Gasteiger charge is 2.27. The Balaban J connectivity index is 0.00000264. The number of hydrogen-bond donors (Lipinski definition) is 1. The maximum absolute atomic E-state index is 13.1. The first-order chi connectivity index (χ1) is 10.3. The first-order valence-corrected chi connectivity index (χ1v) is 8.95. The molecule has 0 atom stereocenters. The van der Waals surface area contributed by atoms with E-state index < -0.39 is 15.8 Å². The average Bonchev–Trinajstić information content (AvgIpc) is 2.47. The van der Waals surface area contributed by atoms with Crippen LogP contribution < -0.4 is 5.32 Å². The zero-order valence-corrected chi connectivity index (χ0v) is 15.7. The van der Waals surface area contributed by atoms with Gasteiger partial charge in [0.2, 0.25) is 15.9 Å². The summed E-state index contributed by atoms with van der Waals surface area (Å²) in [6, 6.07) is 3.34. The fraction of sp³-hybridized carbons (Fsp3) is 0.462. The van der Waals surface area contributed by atoms with Crippen LogP contribution in [-0.4, -0.2) is 63.3 Å². The lowest BCUT2D eigenvalue weighted by atomic mass is 10.3. The van der Waals surface area contributed by atoms with Crippen LogP contribution in [0.25, 0.3) is 0 Å². The van der Waals surface area contributed by atoms with E-state index in [1.165, 1.54) is 13.1 Å². The molecule has 0 aliphatic carbocycles. The molecule has 0 aromatic heterocycles. The molecule has 1 saturated heterocycles. The lowest BCUT2D eigenvalue weighted by Gasteiger charge is -2.29. The van der Waals surface area contributed by atoms with Gasteiger partial charge in [0.1, 0.15) is 5.82 Å². The second-order valence-corrected chi connectivity index (χ2v) is 7.83. The third kappa shape index (κ3) is 4.87. The molecule has 6 nitrogen and oxygen atoms in total. The van der Waals surface area contributed by atoms with Crippen molar-refractivity contribution in [1.29, 1.82) is 0 Å². The maximum Gasteiger partial charge on any atom is 0.244 e. The van der Waals surface area contributed by atoms with Crippen LogP contribution in [0.1, 0.15) is 0 Å². The van der Waals surface area contributed by atoms with E-state index in [2.05, 4.69) is 21.2 Å². The number of amides is 1. The summed E-state index contributed by atoms with van der Waals surface area (Å²) in [6.07, 6.45) is 0. The second-order valence-electron chi connectivity index (χ2n) is 4.97. The fourth-order valence-corrected chi connectivity index (χ4v) is 4.27. The van der Waals surface area contributed by atoms with Gasteiger partial charge in [-0.05, 0) is 34.1 Å². The van der Waals surface area contributed by atoms with Crippen LogP contribution in [-0.2, 0) is 14.8 Å². The number of likely N-dealkylation sites (N-methyl/N-ethyl adjacent to an activating group) is 1. The molecule has 0 spiro atoms. The van der Waals surface area contributed by atoms with E-state index >= 15 is 0 Å². The predicted molar refractivity (Wildman–Crippen MR) is 90.6 cm³/mol. The molecule has 0 radical (unpaired) electrons. The Morgan fingerprint density at radius 3 is 2.57 bits per heavy atom. The van der Waals surface area contributed by atoms with E-state index in [4.69, 9.17) is 0 Å². The summed E-state index contributed by atoms with van der Waals surface area (Å²) in [4.78, 5) is 13.7. The molecule has 0 bridgehead atoms. The minimum absolute atomic E-state index is 0. The van der Waals surface area contributed by atoms with Gasteiger partial charge >= 0.3 is 0 Å². The van der Waals surface area contributed by atoms with E-state index in [0.717, 1.165) is 16.4 Å². The van der Waals surface area contributed by atoms with Crippen molar-refractivity contribution >= 4 is 44.3 Å². The van der Waals surface area contributed by atoms with Crippen molar-refractivity contribution in [2.24, 2.45) is 0 Å². The summed E-state index contributed by atoms with van der Waals surface area (Å²) in [5.41, 5.74) is 0. The number of piperazine rings is 1. The molecule has 1 aliphatic heterocycles. The molecule has 1 aliphatic rings. The normalized spacial score (nSPS) is 15.4.